The van der Waals surface area contributed by atoms with Gasteiger partial charge in [0.25, 0.3) is 5.91 Å². The van der Waals surface area contributed by atoms with Gasteiger partial charge in [-0.05, 0) is 18.2 Å². The summed E-state index contributed by atoms with van der Waals surface area (Å²) < 4.78 is 1.75. The van der Waals surface area contributed by atoms with E-state index in [1.807, 2.05) is 13.1 Å². The molecule has 0 atom stereocenters. The van der Waals surface area contributed by atoms with Crippen LogP contribution in [-0.4, -0.2) is 27.3 Å². The number of nitrogens with one attached hydrogen (secondary N) is 1. The Morgan fingerprint density at radius 2 is 2.26 bits per heavy atom. The Morgan fingerprint density at radius 1 is 1.47 bits per heavy atom. The third-order valence-electron chi connectivity index (χ3n) is 2.90. The summed E-state index contributed by atoms with van der Waals surface area (Å²) in [6.07, 6.45) is 2.38. The maximum absolute atomic E-state index is 11.9. The molecule has 2 rings (SSSR count). The van der Waals surface area contributed by atoms with Gasteiger partial charge in [-0.15, -0.1) is 0 Å². The van der Waals surface area contributed by atoms with Crippen molar-refractivity contribution in [3.63, 3.8) is 0 Å². The SMILES string of the molecule is Cn1nccc1CCNC(=O)c1cccc(N)c1O. The van der Waals surface area contributed by atoms with E-state index in [1.54, 1.807) is 23.0 Å². The van der Waals surface area contributed by atoms with E-state index in [4.69, 9.17) is 5.73 Å². The molecule has 100 valence electrons. The van der Waals surface area contributed by atoms with Gasteiger partial charge < -0.3 is 16.2 Å². The summed E-state index contributed by atoms with van der Waals surface area (Å²) in [5.74, 6) is -0.521. The molecule has 0 radical (unpaired) electrons. The minimum absolute atomic E-state index is 0.180. The molecule has 0 fully saturated rings. The molecule has 0 aliphatic rings. The van der Waals surface area contributed by atoms with E-state index in [0.717, 1.165) is 5.69 Å². The van der Waals surface area contributed by atoms with Crippen LogP contribution in [0.3, 0.4) is 0 Å². The molecule has 4 N–H and O–H groups in total. The van der Waals surface area contributed by atoms with Crippen molar-refractivity contribution in [3.8, 4) is 5.75 Å². The quantitative estimate of drug-likeness (QED) is 0.556. The lowest BCUT2D eigenvalue weighted by molar-refractivity contribution is 0.0951. The highest BCUT2D eigenvalue weighted by Gasteiger charge is 2.12. The molecule has 0 unspecified atom stereocenters. The number of aromatic hydroxyl groups is 1. The molecule has 0 aliphatic carbocycles. The first kappa shape index (κ1) is 12.9. The van der Waals surface area contributed by atoms with E-state index >= 15 is 0 Å². The third-order valence-corrected chi connectivity index (χ3v) is 2.90. The molecule has 1 amide bonds. The van der Waals surface area contributed by atoms with Crippen molar-refractivity contribution in [3.05, 3.63) is 41.7 Å². The fraction of sp³-hybridized carbons (Fsp3) is 0.231. The number of benzene rings is 1. The number of rotatable bonds is 4. The molecule has 0 aliphatic heterocycles. The Bertz CT molecular complexity index is 592. The molecule has 1 aromatic heterocycles. The first-order valence-corrected chi connectivity index (χ1v) is 5.92. The molecular formula is C13H16N4O2. The van der Waals surface area contributed by atoms with Crippen molar-refractivity contribution in [2.24, 2.45) is 7.05 Å². The zero-order valence-corrected chi connectivity index (χ0v) is 10.6. The Morgan fingerprint density at radius 3 is 2.95 bits per heavy atom. The summed E-state index contributed by atoms with van der Waals surface area (Å²) in [4.78, 5) is 11.9. The van der Waals surface area contributed by atoms with Crippen LogP contribution in [0.5, 0.6) is 5.75 Å². The smallest absolute Gasteiger partial charge is 0.255 e. The third kappa shape index (κ3) is 2.85. The fourth-order valence-electron chi connectivity index (χ4n) is 1.79. The number of nitrogen functional groups attached to an aromatic ring is 1. The van der Waals surface area contributed by atoms with Crippen LogP contribution < -0.4 is 11.1 Å². The van der Waals surface area contributed by atoms with Crippen molar-refractivity contribution in [2.45, 2.75) is 6.42 Å². The minimum atomic E-state index is -0.341. The lowest BCUT2D eigenvalue weighted by Gasteiger charge is -2.08. The average Bonchev–Trinajstić information content (AvgIpc) is 2.78. The van der Waals surface area contributed by atoms with Gasteiger partial charge in [-0.2, -0.15) is 5.10 Å². The van der Waals surface area contributed by atoms with Crippen LogP contribution in [0.2, 0.25) is 0 Å². The van der Waals surface area contributed by atoms with Gasteiger partial charge in [0.1, 0.15) is 0 Å². The summed E-state index contributed by atoms with van der Waals surface area (Å²) in [5, 5.41) is 16.5. The zero-order valence-electron chi connectivity index (χ0n) is 10.6. The molecule has 1 heterocycles. The Labute approximate surface area is 110 Å². The molecule has 19 heavy (non-hydrogen) atoms. The number of amides is 1. The Hall–Kier alpha value is -2.50. The highest BCUT2D eigenvalue weighted by Crippen LogP contribution is 2.23. The number of anilines is 1. The highest BCUT2D eigenvalue weighted by atomic mass is 16.3. The largest absolute Gasteiger partial charge is 0.505 e. The molecule has 0 bridgehead atoms. The molecular weight excluding hydrogens is 244 g/mol. The van der Waals surface area contributed by atoms with Crippen LogP contribution in [0.15, 0.2) is 30.5 Å². The van der Waals surface area contributed by atoms with Crippen LogP contribution >= 0.6 is 0 Å². The van der Waals surface area contributed by atoms with Gasteiger partial charge in [-0.25, -0.2) is 0 Å². The highest BCUT2D eigenvalue weighted by molar-refractivity contribution is 5.98. The maximum Gasteiger partial charge on any atom is 0.255 e. The average molecular weight is 260 g/mol. The monoisotopic (exact) mass is 260 g/mol. The van der Waals surface area contributed by atoms with Crippen LogP contribution in [0.1, 0.15) is 16.1 Å². The number of hydrogen-bond acceptors (Lipinski definition) is 4. The molecule has 6 nitrogen and oxygen atoms in total. The van der Waals surface area contributed by atoms with E-state index in [0.29, 0.717) is 13.0 Å². The lowest BCUT2D eigenvalue weighted by atomic mass is 10.1. The number of nitrogens with zero attached hydrogens (tertiary/aromatic N) is 2. The van der Waals surface area contributed by atoms with Crippen molar-refractivity contribution in [1.82, 2.24) is 15.1 Å². The second-order valence-corrected chi connectivity index (χ2v) is 4.20. The number of aromatic nitrogens is 2. The number of carbonyl (C=O) groups excluding carboxylic acids is 1. The van der Waals surface area contributed by atoms with Gasteiger partial charge in [0.15, 0.2) is 5.75 Å². The molecule has 0 saturated carbocycles. The van der Waals surface area contributed by atoms with E-state index in [2.05, 4.69) is 10.4 Å². The number of aryl methyl sites for hydroxylation is 1. The summed E-state index contributed by atoms with van der Waals surface area (Å²) in [5.41, 5.74) is 6.95. The second-order valence-electron chi connectivity index (χ2n) is 4.20. The summed E-state index contributed by atoms with van der Waals surface area (Å²) in [6, 6.07) is 6.60. The Kier molecular flexibility index (Phi) is 3.70. The molecule has 0 saturated heterocycles. The number of hydrogen-bond donors (Lipinski definition) is 3. The van der Waals surface area contributed by atoms with Crippen LogP contribution in [0.25, 0.3) is 0 Å². The van der Waals surface area contributed by atoms with Gasteiger partial charge in [-0.1, -0.05) is 6.07 Å². The number of carbonyl (C=O) groups is 1. The van der Waals surface area contributed by atoms with Gasteiger partial charge in [0.05, 0.1) is 11.3 Å². The van der Waals surface area contributed by atoms with E-state index in [9.17, 15) is 9.90 Å². The zero-order chi connectivity index (χ0) is 13.8. The standard InChI is InChI=1S/C13H16N4O2/c1-17-9(6-8-16-17)5-7-15-13(19)10-3-2-4-11(14)12(10)18/h2-4,6,8,18H,5,7,14H2,1H3,(H,15,19). The maximum atomic E-state index is 11.9. The van der Waals surface area contributed by atoms with E-state index < -0.39 is 0 Å². The predicted molar refractivity (Wildman–Crippen MR) is 71.8 cm³/mol. The van der Waals surface area contributed by atoms with Crippen LogP contribution in [-0.2, 0) is 13.5 Å². The summed E-state index contributed by atoms with van der Waals surface area (Å²) >= 11 is 0. The van der Waals surface area contributed by atoms with Gasteiger partial charge in [0, 0.05) is 31.9 Å². The number of nitrogens with two attached hydrogens (primary N) is 1. The number of phenols is 1. The minimum Gasteiger partial charge on any atom is -0.505 e. The van der Waals surface area contributed by atoms with Gasteiger partial charge in [0.2, 0.25) is 0 Å². The first-order valence-electron chi connectivity index (χ1n) is 5.92. The van der Waals surface area contributed by atoms with Crippen LogP contribution in [0, 0.1) is 0 Å². The predicted octanol–water partition coefficient (Wildman–Crippen LogP) is 0.680. The fourth-order valence-corrected chi connectivity index (χ4v) is 1.79. The lowest BCUT2D eigenvalue weighted by Crippen LogP contribution is -2.26. The van der Waals surface area contributed by atoms with E-state index in [1.165, 1.54) is 6.07 Å². The Balaban J connectivity index is 1.95. The van der Waals surface area contributed by atoms with Crippen LogP contribution in [0.4, 0.5) is 5.69 Å². The number of phenolic OH excluding ortho intramolecular Hbond substituents is 1. The topological polar surface area (TPSA) is 93.2 Å². The van der Waals surface area contributed by atoms with Crippen molar-refractivity contribution in [2.75, 3.05) is 12.3 Å². The van der Waals surface area contributed by atoms with Crippen molar-refractivity contribution in [1.29, 1.82) is 0 Å². The first-order chi connectivity index (χ1) is 9.09. The molecule has 0 spiro atoms. The van der Waals surface area contributed by atoms with Gasteiger partial charge >= 0.3 is 0 Å². The van der Waals surface area contributed by atoms with Crippen molar-refractivity contribution >= 4 is 11.6 Å². The summed E-state index contributed by atoms with van der Waals surface area (Å²) in [6.45, 7) is 0.465. The molecule has 1 aromatic carbocycles. The van der Waals surface area contributed by atoms with Crippen molar-refractivity contribution < 1.29 is 9.90 Å². The van der Waals surface area contributed by atoms with E-state index in [-0.39, 0.29) is 22.9 Å². The number of para-hydroxylation sites is 1. The molecule has 6 heteroatoms. The molecule has 2 aromatic rings. The second kappa shape index (κ2) is 5.43. The van der Waals surface area contributed by atoms with Gasteiger partial charge in [-0.3, -0.25) is 9.48 Å². The normalized spacial score (nSPS) is 10.4. The summed E-state index contributed by atoms with van der Waals surface area (Å²) in [7, 11) is 1.85.